The highest BCUT2D eigenvalue weighted by molar-refractivity contribution is 5.11. The number of tetrazole rings is 1. The Morgan fingerprint density at radius 1 is 1.38 bits per heavy atom. The van der Waals surface area contributed by atoms with Crippen LogP contribution >= 0.6 is 0 Å². The fourth-order valence-electron chi connectivity index (χ4n) is 2.04. The number of H-pyrrole nitrogens is 1. The van der Waals surface area contributed by atoms with Crippen molar-refractivity contribution in [2.75, 3.05) is 0 Å². The molecular formula is C11H13N5. The number of hydrogen-bond donors (Lipinski definition) is 1. The molecule has 1 N–H and O–H groups in total. The molecule has 3 rings (SSSR count). The molecule has 0 aliphatic heterocycles. The highest BCUT2D eigenvalue weighted by Crippen LogP contribution is 2.42. The van der Waals surface area contributed by atoms with Crippen molar-refractivity contribution in [2.24, 2.45) is 5.92 Å². The van der Waals surface area contributed by atoms with Crippen molar-refractivity contribution in [3.05, 3.63) is 35.9 Å². The van der Waals surface area contributed by atoms with Crippen LogP contribution in [-0.2, 0) is 6.42 Å². The van der Waals surface area contributed by atoms with Crippen LogP contribution in [0.2, 0.25) is 0 Å². The molecule has 0 spiro atoms. The zero-order valence-corrected chi connectivity index (χ0v) is 8.87. The van der Waals surface area contributed by atoms with Gasteiger partial charge in [0.2, 0.25) is 0 Å². The van der Waals surface area contributed by atoms with E-state index >= 15 is 0 Å². The van der Waals surface area contributed by atoms with Crippen LogP contribution in [0.15, 0.2) is 24.4 Å². The van der Waals surface area contributed by atoms with E-state index in [0.29, 0.717) is 11.8 Å². The Bertz CT molecular complexity index is 435. The molecule has 0 aromatic carbocycles. The van der Waals surface area contributed by atoms with Gasteiger partial charge in [-0.2, -0.15) is 5.21 Å². The highest BCUT2D eigenvalue weighted by atomic mass is 15.5. The van der Waals surface area contributed by atoms with E-state index in [0.717, 1.165) is 17.9 Å². The van der Waals surface area contributed by atoms with Crippen molar-refractivity contribution < 1.29 is 0 Å². The zero-order valence-electron chi connectivity index (χ0n) is 8.87. The van der Waals surface area contributed by atoms with Gasteiger partial charge in [-0.3, -0.25) is 4.98 Å². The summed E-state index contributed by atoms with van der Waals surface area (Å²) in [7, 11) is 0. The largest absolute Gasteiger partial charge is 0.261 e. The third kappa shape index (κ3) is 1.93. The maximum absolute atomic E-state index is 4.35. The molecule has 2 heterocycles. The van der Waals surface area contributed by atoms with Gasteiger partial charge in [-0.05, 0) is 37.3 Å². The number of nitrogens with one attached hydrogen (secondary N) is 1. The molecule has 82 valence electrons. The second-order valence-electron chi connectivity index (χ2n) is 4.24. The molecule has 1 fully saturated rings. The lowest BCUT2D eigenvalue weighted by molar-refractivity contribution is 0.561. The van der Waals surface area contributed by atoms with E-state index in [1.165, 1.54) is 12.8 Å². The van der Waals surface area contributed by atoms with Gasteiger partial charge in [-0.1, -0.05) is 11.3 Å². The van der Waals surface area contributed by atoms with Crippen LogP contribution < -0.4 is 0 Å². The topological polar surface area (TPSA) is 67.3 Å². The quantitative estimate of drug-likeness (QED) is 0.835. The molecule has 1 atom stereocenters. The van der Waals surface area contributed by atoms with Gasteiger partial charge in [0.25, 0.3) is 0 Å². The van der Waals surface area contributed by atoms with Crippen LogP contribution in [0.25, 0.3) is 0 Å². The lowest BCUT2D eigenvalue weighted by Gasteiger charge is -2.10. The zero-order chi connectivity index (χ0) is 10.8. The number of hydrogen-bond acceptors (Lipinski definition) is 4. The predicted molar refractivity (Wildman–Crippen MR) is 57.6 cm³/mol. The molecule has 1 unspecified atom stereocenters. The van der Waals surface area contributed by atoms with Crippen molar-refractivity contribution in [3.8, 4) is 0 Å². The van der Waals surface area contributed by atoms with Gasteiger partial charge in [0.1, 0.15) is 0 Å². The smallest absolute Gasteiger partial charge is 0.178 e. The summed E-state index contributed by atoms with van der Waals surface area (Å²) in [6.07, 6.45) is 5.28. The predicted octanol–water partition coefficient (Wildman–Crippen LogP) is 1.33. The lowest BCUT2D eigenvalue weighted by atomic mass is 9.97. The van der Waals surface area contributed by atoms with Gasteiger partial charge < -0.3 is 0 Å². The third-order valence-electron chi connectivity index (χ3n) is 3.04. The average Bonchev–Trinajstić information content (AvgIpc) is 3.02. The van der Waals surface area contributed by atoms with Crippen molar-refractivity contribution >= 4 is 0 Å². The van der Waals surface area contributed by atoms with Crippen LogP contribution in [0.1, 0.15) is 30.3 Å². The van der Waals surface area contributed by atoms with Gasteiger partial charge in [0.05, 0.1) is 0 Å². The Hall–Kier alpha value is -1.78. The molecule has 0 saturated heterocycles. The van der Waals surface area contributed by atoms with E-state index in [1.54, 1.807) is 0 Å². The maximum atomic E-state index is 4.35. The van der Waals surface area contributed by atoms with Gasteiger partial charge >= 0.3 is 0 Å². The number of nitrogens with zero attached hydrogens (tertiary/aromatic N) is 4. The molecule has 2 aromatic heterocycles. The SMILES string of the molecule is c1ccc(CC(c2nn[nH]n2)C2CC2)nc1. The molecule has 1 aliphatic rings. The van der Waals surface area contributed by atoms with E-state index in [4.69, 9.17) is 0 Å². The molecule has 16 heavy (non-hydrogen) atoms. The summed E-state index contributed by atoms with van der Waals surface area (Å²) in [6, 6.07) is 6.00. The van der Waals surface area contributed by atoms with Crippen molar-refractivity contribution in [1.29, 1.82) is 0 Å². The van der Waals surface area contributed by atoms with Crippen LogP contribution in [0, 0.1) is 5.92 Å². The summed E-state index contributed by atoms with van der Waals surface area (Å²) in [5.74, 6) is 1.90. The van der Waals surface area contributed by atoms with E-state index in [1.807, 2.05) is 18.3 Å². The molecule has 0 bridgehead atoms. The summed E-state index contributed by atoms with van der Waals surface area (Å²) in [4.78, 5) is 4.35. The van der Waals surface area contributed by atoms with E-state index in [-0.39, 0.29) is 0 Å². The summed E-state index contributed by atoms with van der Waals surface area (Å²) in [5, 5.41) is 14.4. The Morgan fingerprint density at radius 2 is 2.31 bits per heavy atom. The van der Waals surface area contributed by atoms with Gasteiger partial charge in [-0.25, -0.2) is 0 Å². The van der Waals surface area contributed by atoms with E-state index < -0.39 is 0 Å². The summed E-state index contributed by atoms with van der Waals surface area (Å²) in [5.41, 5.74) is 1.10. The van der Waals surface area contributed by atoms with Crippen molar-refractivity contribution in [3.63, 3.8) is 0 Å². The number of rotatable bonds is 4. The Labute approximate surface area is 93.3 Å². The lowest BCUT2D eigenvalue weighted by Crippen LogP contribution is -2.08. The molecule has 1 saturated carbocycles. The van der Waals surface area contributed by atoms with Gasteiger partial charge in [0.15, 0.2) is 5.82 Å². The standard InChI is InChI=1S/C11H13N5/c1-2-6-12-9(3-1)7-10(8-4-5-8)11-13-15-16-14-11/h1-3,6,8,10H,4-5,7H2,(H,13,14,15,16). The highest BCUT2D eigenvalue weighted by Gasteiger charge is 2.35. The Kier molecular flexibility index (Phi) is 2.36. The fourth-order valence-corrected chi connectivity index (χ4v) is 2.04. The van der Waals surface area contributed by atoms with Gasteiger partial charge in [-0.15, -0.1) is 10.2 Å². The van der Waals surface area contributed by atoms with Crippen LogP contribution in [0.3, 0.4) is 0 Å². The molecular weight excluding hydrogens is 202 g/mol. The minimum Gasteiger partial charge on any atom is -0.261 e. The number of aromatic nitrogens is 5. The Balaban J connectivity index is 1.80. The molecule has 5 nitrogen and oxygen atoms in total. The van der Waals surface area contributed by atoms with Crippen molar-refractivity contribution in [2.45, 2.75) is 25.2 Å². The number of aromatic amines is 1. The molecule has 0 radical (unpaired) electrons. The van der Waals surface area contributed by atoms with E-state index in [9.17, 15) is 0 Å². The molecule has 0 amide bonds. The van der Waals surface area contributed by atoms with Crippen molar-refractivity contribution in [1.82, 2.24) is 25.6 Å². The van der Waals surface area contributed by atoms with E-state index in [2.05, 4.69) is 31.7 Å². The molecule has 5 heteroatoms. The monoisotopic (exact) mass is 215 g/mol. The summed E-state index contributed by atoms with van der Waals surface area (Å²) < 4.78 is 0. The first kappa shape index (κ1) is 9.45. The Morgan fingerprint density at radius 3 is 2.94 bits per heavy atom. The molecule has 1 aliphatic carbocycles. The minimum absolute atomic E-state index is 0.369. The normalized spacial score (nSPS) is 17.2. The molecule has 2 aromatic rings. The van der Waals surface area contributed by atoms with Gasteiger partial charge in [0, 0.05) is 17.8 Å². The first-order valence-corrected chi connectivity index (χ1v) is 5.57. The third-order valence-corrected chi connectivity index (χ3v) is 3.04. The van der Waals surface area contributed by atoms with Crippen LogP contribution in [0.4, 0.5) is 0 Å². The summed E-state index contributed by atoms with van der Waals surface area (Å²) in [6.45, 7) is 0. The first-order valence-electron chi connectivity index (χ1n) is 5.57. The average molecular weight is 215 g/mol. The second-order valence-corrected chi connectivity index (χ2v) is 4.24. The maximum Gasteiger partial charge on any atom is 0.178 e. The second kappa shape index (κ2) is 4.00. The fraction of sp³-hybridized carbons (Fsp3) is 0.455. The summed E-state index contributed by atoms with van der Waals surface area (Å²) >= 11 is 0. The first-order chi connectivity index (χ1) is 7.93. The van der Waals surface area contributed by atoms with Crippen LogP contribution in [-0.4, -0.2) is 25.6 Å². The minimum atomic E-state index is 0.369. The van der Waals surface area contributed by atoms with Crippen LogP contribution in [0.5, 0.6) is 0 Å². The number of pyridine rings is 1.